The molecule has 4 amide bonds. The molecule has 9 rings (SSSR count). The van der Waals surface area contributed by atoms with Crippen LogP contribution < -0.4 is 31.5 Å². The Balaban J connectivity index is 0.702. The predicted octanol–water partition coefficient (Wildman–Crippen LogP) is 8.31. The molecule has 1 aromatic heterocycles. The molecule has 64 heavy (non-hydrogen) atoms. The summed E-state index contributed by atoms with van der Waals surface area (Å²) in [5.41, 5.74) is 3.97. The number of piperidine rings is 3. The molecular weight excluding hydrogens is 840 g/mol. The number of nitrogens with one attached hydrogen (secondary N) is 5. The quantitative estimate of drug-likeness (QED) is 0.0817. The number of likely N-dealkylation sites (tertiary alicyclic amines) is 1. The number of hydrogen-bond acceptors (Lipinski definition) is 10. The van der Waals surface area contributed by atoms with Crippen molar-refractivity contribution < 1.29 is 28.0 Å². The molecule has 13 nitrogen and oxygen atoms in total. The van der Waals surface area contributed by atoms with Crippen LogP contribution in [0.25, 0.3) is 0 Å². The summed E-state index contributed by atoms with van der Waals surface area (Å²) in [5.74, 6) is -2.51. The van der Waals surface area contributed by atoms with Crippen molar-refractivity contribution >= 4 is 69.7 Å². The van der Waals surface area contributed by atoms with Gasteiger partial charge in [-0.3, -0.25) is 24.5 Å². The summed E-state index contributed by atoms with van der Waals surface area (Å²) in [6.07, 6.45) is 7.72. The zero-order valence-corrected chi connectivity index (χ0v) is 35.8. The number of rotatable bonds is 11. The highest BCUT2D eigenvalue weighted by Crippen LogP contribution is 2.49. The third kappa shape index (κ3) is 9.55. The molecular formula is C48H48ClF2N9O4. The van der Waals surface area contributed by atoms with Gasteiger partial charge in [0.05, 0.1) is 28.5 Å². The zero-order valence-electron chi connectivity index (χ0n) is 35.0. The minimum atomic E-state index is -0.660. The van der Waals surface area contributed by atoms with Crippen LogP contribution in [0.5, 0.6) is 0 Å². The Morgan fingerprint density at radius 3 is 2.12 bits per heavy atom. The van der Waals surface area contributed by atoms with E-state index in [4.69, 9.17) is 11.6 Å². The van der Waals surface area contributed by atoms with Crippen molar-refractivity contribution in [3.63, 3.8) is 0 Å². The number of amides is 4. The van der Waals surface area contributed by atoms with Crippen molar-refractivity contribution in [3.05, 3.63) is 131 Å². The third-order valence-corrected chi connectivity index (χ3v) is 13.5. The molecule has 330 valence electrons. The van der Waals surface area contributed by atoms with Crippen molar-refractivity contribution in [2.45, 2.75) is 69.4 Å². The molecule has 1 saturated carbocycles. The second-order valence-corrected chi connectivity index (χ2v) is 17.7. The van der Waals surface area contributed by atoms with Gasteiger partial charge in [0.25, 0.3) is 11.8 Å². The zero-order chi connectivity index (χ0) is 44.4. The number of hydrogen-bond donors (Lipinski definition) is 5. The van der Waals surface area contributed by atoms with Gasteiger partial charge in [0.2, 0.25) is 17.8 Å². The lowest BCUT2D eigenvalue weighted by atomic mass is 9.60. The fourth-order valence-corrected chi connectivity index (χ4v) is 9.74. The van der Waals surface area contributed by atoms with Gasteiger partial charge in [-0.1, -0.05) is 29.8 Å². The Bertz CT molecular complexity index is 2560. The monoisotopic (exact) mass is 887 g/mol. The Kier molecular flexibility index (Phi) is 12.3. The largest absolute Gasteiger partial charge is 0.369 e. The van der Waals surface area contributed by atoms with E-state index in [1.807, 2.05) is 6.07 Å². The van der Waals surface area contributed by atoms with Crippen LogP contribution in [0.3, 0.4) is 0 Å². The van der Waals surface area contributed by atoms with Gasteiger partial charge in [-0.25, -0.2) is 13.8 Å². The van der Waals surface area contributed by atoms with E-state index in [1.54, 1.807) is 78.9 Å². The van der Waals surface area contributed by atoms with Crippen molar-refractivity contribution in [3.8, 4) is 0 Å². The van der Waals surface area contributed by atoms with Crippen LogP contribution in [-0.4, -0.2) is 76.8 Å². The standard InChI is InChI=1S/C48H48ClF2N9O4/c49-37-3-1-2-4-40(37)56-45(63)30-5-10-32(11-6-30)53-43-39(51)28-52-47(58-43)55-33-12-7-29(8-13-33)44(62)54-34-26-48(27-34)19-23-59(24-20-48)35-17-21-60(22-18-35)41-15-9-31(25-38(41)50)36-14-16-42(61)57-46(36)64/h1-13,15,25,28,34-36H,14,16-24,26-27H2,(H,54,62)(H,56,63)(H,57,61,64)(H2,52,53,55,58). The lowest BCUT2D eigenvalue weighted by molar-refractivity contribution is -0.134. The number of halogens is 3. The Morgan fingerprint density at radius 1 is 0.781 bits per heavy atom. The number of benzene rings is 4. The summed E-state index contributed by atoms with van der Waals surface area (Å²) >= 11 is 6.16. The topological polar surface area (TPSA) is 161 Å². The molecule has 0 bridgehead atoms. The summed E-state index contributed by atoms with van der Waals surface area (Å²) in [4.78, 5) is 62.8. The van der Waals surface area contributed by atoms with Crippen LogP contribution in [0, 0.1) is 17.0 Å². The second-order valence-electron chi connectivity index (χ2n) is 17.3. The molecule has 1 unspecified atom stereocenters. The van der Waals surface area contributed by atoms with Crippen LogP contribution in [0.4, 0.5) is 43.3 Å². The molecule has 4 heterocycles. The minimum absolute atomic E-state index is 0.0570. The first-order valence-electron chi connectivity index (χ1n) is 21.7. The number of carbonyl (C=O) groups is 4. The Morgan fingerprint density at radius 2 is 1.45 bits per heavy atom. The van der Waals surface area contributed by atoms with E-state index >= 15 is 4.39 Å². The van der Waals surface area contributed by atoms with Crippen molar-refractivity contribution in [2.75, 3.05) is 47.0 Å². The summed E-state index contributed by atoms with van der Waals surface area (Å²) in [6.45, 7) is 3.56. The van der Waals surface area contributed by atoms with Crippen molar-refractivity contribution in [1.29, 1.82) is 0 Å². The van der Waals surface area contributed by atoms with Crippen LogP contribution in [0.1, 0.15) is 83.6 Å². The molecule has 16 heteroatoms. The van der Waals surface area contributed by atoms with Crippen molar-refractivity contribution in [2.24, 2.45) is 5.41 Å². The molecule has 0 radical (unpaired) electrons. The van der Waals surface area contributed by atoms with E-state index in [2.05, 4.69) is 46.4 Å². The molecule has 1 spiro atoms. The first-order valence-corrected chi connectivity index (χ1v) is 22.1. The van der Waals surface area contributed by atoms with E-state index in [1.165, 1.54) is 6.07 Å². The van der Waals surface area contributed by atoms with Gasteiger partial charge < -0.3 is 31.1 Å². The molecule has 4 fully saturated rings. The number of carbonyl (C=O) groups excluding carboxylic acids is 4. The van der Waals surface area contributed by atoms with E-state index in [-0.39, 0.29) is 59.1 Å². The number of anilines is 6. The van der Waals surface area contributed by atoms with Gasteiger partial charge in [0.15, 0.2) is 11.6 Å². The summed E-state index contributed by atoms with van der Waals surface area (Å²) in [6, 6.07) is 26.0. The Labute approximate surface area is 374 Å². The lowest BCUT2D eigenvalue weighted by Gasteiger charge is -2.54. The van der Waals surface area contributed by atoms with Gasteiger partial charge in [-0.15, -0.1) is 0 Å². The van der Waals surface area contributed by atoms with Gasteiger partial charge >= 0.3 is 0 Å². The molecule has 3 saturated heterocycles. The maximum absolute atomic E-state index is 15.3. The van der Waals surface area contributed by atoms with Crippen molar-refractivity contribution in [1.82, 2.24) is 25.5 Å². The summed E-state index contributed by atoms with van der Waals surface area (Å²) in [7, 11) is 0. The van der Waals surface area contributed by atoms with E-state index < -0.39 is 11.7 Å². The van der Waals surface area contributed by atoms with Gasteiger partial charge in [0, 0.05) is 54.1 Å². The maximum atomic E-state index is 15.3. The second kappa shape index (κ2) is 18.3. The van der Waals surface area contributed by atoms with E-state index in [9.17, 15) is 23.6 Å². The summed E-state index contributed by atoms with van der Waals surface area (Å²) < 4.78 is 30.0. The highest BCUT2D eigenvalue weighted by molar-refractivity contribution is 6.33. The smallest absolute Gasteiger partial charge is 0.255 e. The lowest BCUT2D eigenvalue weighted by Crippen LogP contribution is -2.56. The molecule has 1 atom stereocenters. The Hall–Kier alpha value is -6.45. The number of para-hydroxylation sites is 1. The predicted molar refractivity (Wildman–Crippen MR) is 241 cm³/mol. The third-order valence-electron chi connectivity index (χ3n) is 13.2. The van der Waals surface area contributed by atoms with Gasteiger partial charge in [-0.05, 0) is 142 Å². The number of imide groups is 1. The molecule has 3 aliphatic heterocycles. The molecule has 5 aromatic rings. The molecule has 5 N–H and O–H groups in total. The van der Waals surface area contributed by atoms with Gasteiger partial charge in [-0.2, -0.15) is 4.98 Å². The van der Waals surface area contributed by atoms with Crippen LogP contribution >= 0.6 is 11.6 Å². The fourth-order valence-electron chi connectivity index (χ4n) is 9.56. The van der Waals surface area contributed by atoms with E-state index in [0.29, 0.717) is 56.9 Å². The molecule has 4 aromatic carbocycles. The fraction of sp³-hybridized carbons (Fsp3) is 0.333. The highest BCUT2D eigenvalue weighted by Gasteiger charge is 2.47. The van der Waals surface area contributed by atoms with Crippen LogP contribution in [0.15, 0.2) is 97.2 Å². The van der Waals surface area contributed by atoms with Gasteiger partial charge in [0.1, 0.15) is 5.82 Å². The first-order chi connectivity index (χ1) is 31.0. The minimum Gasteiger partial charge on any atom is -0.369 e. The highest BCUT2D eigenvalue weighted by atomic mass is 35.5. The number of aromatic nitrogens is 2. The van der Waals surface area contributed by atoms with E-state index in [0.717, 1.165) is 70.9 Å². The number of nitrogens with zero attached hydrogens (tertiary/aromatic N) is 4. The maximum Gasteiger partial charge on any atom is 0.255 e. The molecule has 1 aliphatic carbocycles. The van der Waals surface area contributed by atoms with Crippen LogP contribution in [0.2, 0.25) is 5.02 Å². The SMILES string of the molecule is O=C1CCC(c2ccc(N3CCC(N4CCC5(CC4)CC(NC(=O)c4ccc(Nc6ncc(F)c(Nc7ccc(C(=O)Nc8ccccc8Cl)cc7)n6)cc4)C5)CC3)c(F)c2)C(=O)N1. The average molecular weight is 888 g/mol. The first kappa shape index (κ1) is 42.8. The van der Waals surface area contributed by atoms with Crippen LogP contribution in [-0.2, 0) is 9.59 Å². The summed E-state index contributed by atoms with van der Waals surface area (Å²) in [5, 5.41) is 14.8. The normalized spacial score (nSPS) is 19.1. The average Bonchev–Trinajstić information content (AvgIpc) is 3.28. The molecule has 4 aliphatic rings.